The van der Waals surface area contributed by atoms with Crippen LogP contribution in [0.4, 0.5) is 0 Å². The van der Waals surface area contributed by atoms with Crippen LogP contribution in [-0.2, 0) is 4.79 Å². The molecule has 0 heterocycles. The van der Waals surface area contributed by atoms with Crippen LogP contribution in [0.1, 0.15) is 65.2 Å². The summed E-state index contributed by atoms with van der Waals surface area (Å²) in [5, 5.41) is 10.0. The quantitative estimate of drug-likeness (QED) is 0.734. The van der Waals surface area contributed by atoms with Gasteiger partial charge in [0, 0.05) is 6.42 Å². The lowest BCUT2D eigenvalue weighted by atomic mass is 9.46. The number of ketones is 1. The van der Waals surface area contributed by atoms with Gasteiger partial charge in [-0.25, -0.2) is 0 Å². The molecule has 1 N–H and O–H groups in total. The van der Waals surface area contributed by atoms with Crippen molar-refractivity contribution in [2.24, 2.45) is 28.6 Å². The van der Waals surface area contributed by atoms with Gasteiger partial charge in [0.1, 0.15) is 0 Å². The Labute approximate surface area is 128 Å². The zero-order valence-corrected chi connectivity index (χ0v) is 13.4. The van der Waals surface area contributed by atoms with E-state index in [4.69, 9.17) is 0 Å². The number of allylic oxidation sites excluding steroid dienone is 2. The lowest BCUT2D eigenvalue weighted by Gasteiger charge is -2.58. The van der Waals surface area contributed by atoms with Gasteiger partial charge in [-0.15, -0.1) is 0 Å². The van der Waals surface area contributed by atoms with Gasteiger partial charge in [0.25, 0.3) is 0 Å². The summed E-state index contributed by atoms with van der Waals surface area (Å²) in [6.45, 7) is 4.80. The van der Waals surface area contributed by atoms with Crippen molar-refractivity contribution in [1.82, 2.24) is 0 Å². The second-order valence-electron chi connectivity index (χ2n) is 8.76. The summed E-state index contributed by atoms with van der Waals surface area (Å²) in [4.78, 5) is 12.0. The number of aliphatic hydroxyl groups excluding tert-OH is 1. The highest BCUT2D eigenvalue weighted by molar-refractivity contribution is 5.94. The van der Waals surface area contributed by atoms with Crippen LogP contribution in [0.15, 0.2) is 11.6 Å². The lowest BCUT2D eigenvalue weighted by Crippen LogP contribution is -2.51. The molecule has 3 saturated carbocycles. The van der Waals surface area contributed by atoms with E-state index >= 15 is 0 Å². The van der Waals surface area contributed by atoms with Crippen LogP contribution in [0.2, 0.25) is 0 Å². The molecule has 21 heavy (non-hydrogen) atoms. The van der Waals surface area contributed by atoms with Crippen LogP contribution in [0, 0.1) is 28.6 Å². The molecule has 0 aliphatic heterocycles. The number of hydrogen-bond acceptors (Lipinski definition) is 2. The Morgan fingerprint density at radius 1 is 1.14 bits per heavy atom. The Hall–Kier alpha value is -0.630. The van der Waals surface area contributed by atoms with Gasteiger partial charge in [-0.2, -0.15) is 0 Å². The fourth-order valence-corrected chi connectivity index (χ4v) is 6.42. The van der Waals surface area contributed by atoms with Crippen molar-refractivity contribution in [3.8, 4) is 0 Å². The van der Waals surface area contributed by atoms with Crippen molar-refractivity contribution in [2.45, 2.75) is 71.3 Å². The first kappa shape index (κ1) is 14.0. The Bertz CT molecular complexity index is 508. The number of carbonyl (C=O) groups excluding carboxylic acids is 1. The van der Waals surface area contributed by atoms with Gasteiger partial charge < -0.3 is 5.11 Å². The number of aliphatic hydroxyl groups is 1. The molecule has 0 aromatic carbocycles. The average molecular weight is 288 g/mol. The molecule has 3 fully saturated rings. The molecule has 4 aliphatic rings. The third-order valence-corrected chi connectivity index (χ3v) is 7.65. The predicted molar refractivity (Wildman–Crippen MR) is 82.7 cm³/mol. The molecule has 4 rings (SSSR count). The first-order valence-corrected chi connectivity index (χ1v) is 8.85. The number of carbonyl (C=O) groups is 1. The highest BCUT2D eigenvalue weighted by Crippen LogP contribution is 2.64. The molecule has 4 aliphatic carbocycles. The van der Waals surface area contributed by atoms with Crippen molar-refractivity contribution in [3.05, 3.63) is 11.6 Å². The van der Waals surface area contributed by atoms with E-state index in [2.05, 4.69) is 13.8 Å². The zero-order chi connectivity index (χ0) is 14.8. The maximum absolute atomic E-state index is 12.0. The summed E-state index contributed by atoms with van der Waals surface area (Å²) < 4.78 is 0. The van der Waals surface area contributed by atoms with Gasteiger partial charge in [0.2, 0.25) is 0 Å². The van der Waals surface area contributed by atoms with E-state index in [9.17, 15) is 9.90 Å². The van der Waals surface area contributed by atoms with Crippen LogP contribution in [-0.4, -0.2) is 17.0 Å². The minimum Gasteiger partial charge on any atom is -0.393 e. The highest BCUT2D eigenvalue weighted by atomic mass is 16.3. The summed E-state index contributed by atoms with van der Waals surface area (Å²) >= 11 is 0. The summed E-state index contributed by atoms with van der Waals surface area (Å²) in [6, 6.07) is 0. The van der Waals surface area contributed by atoms with E-state index in [0.717, 1.165) is 25.2 Å². The van der Waals surface area contributed by atoms with Crippen LogP contribution >= 0.6 is 0 Å². The largest absolute Gasteiger partial charge is 0.393 e. The standard InChI is InChI=1S/C19H28O2/c1-18-7-6-16-15(17(18)10-14(21)11-18)4-3-12-9-13(20)5-8-19(12,16)2/h10,12-13,15-16,20H,3-9,11H2,1-2H3/t12-,13-,15+,16-,18+,19-/m0/s1. The maximum Gasteiger partial charge on any atom is 0.156 e. The molecular formula is C19H28O2. The van der Waals surface area contributed by atoms with Crippen molar-refractivity contribution >= 4 is 5.78 Å². The minimum atomic E-state index is -0.0687. The molecule has 0 saturated heterocycles. The smallest absolute Gasteiger partial charge is 0.156 e. The summed E-state index contributed by atoms with van der Waals surface area (Å²) in [7, 11) is 0. The molecular weight excluding hydrogens is 260 g/mol. The molecule has 0 unspecified atom stereocenters. The molecule has 0 spiro atoms. The Balaban J connectivity index is 1.68. The van der Waals surface area contributed by atoms with Crippen molar-refractivity contribution in [2.75, 3.05) is 0 Å². The molecule has 2 nitrogen and oxygen atoms in total. The monoisotopic (exact) mass is 288 g/mol. The summed E-state index contributed by atoms with van der Waals surface area (Å²) in [6.07, 6.45) is 10.8. The average Bonchev–Trinajstić information content (AvgIpc) is 2.74. The molecule has 2 heteroatoms. The van der Waals surface area contributed by atoms with Gasteiger partial charge >= 0.3 is 0 Å². The zero-order valence-electron chi connectivity index (χ0n) is 13.4. The van der Waals surface area contributed by atoms with Gasteiger partial charge in [-0.3, -0.25) is 4.79 Å². The Morgan fingerprint density at radius 3 is 2.76 bits per heavy atom. The Kier molecular flexibility index (Phi) is 2.96. The maximum atomic E-state index is 12.0. The number of fused-ring (bicyclic) bond motifs is 5. The van der Waals surface area contributed by atoms with E-state index in [0.29, 0.717) is 23.0 Å². The summed E-state index contributed by atoms with van der Waals surface area (Å²) in [5.41, 5.74) is 2.07. The molecule has 0 radical (unpaired) electrons. The second-order valence-corrected chi connectivity index (χ2v) is 8.76. The van der Waals surface area contributed by atoms with Gasteiger partial charge in [-0.05, 0) is 79.6 Å². The number of rotatable bonds is 0. The van der Waals surface area contributed by atoms with Crippen LogP contribution in [0.3, 0.4) is 0 Å². The molecule has 116 valence electrons. The van der Waals surface area contributed by atoms with Crippen molar-refractivity contribution in [1.29, 1.82) is 0 Å². The van der Waals surface area contributed by atoms with Gasteiger partial charge in [0.05, 0.1) is 6.10 Å². The van der Waals surface area contributed by atoms with E-state index in [1.807, 2.05) is 6.08 Å². The second kappa shape index (κ2) is 4.44. The SMILES string of the molecule is C[C@]12CC[C@H]3[C@@H](CC[C@H]4C[C@@H](O)CC[C@@]43C)C1=CC(=O)C2. The first-order chi connectivity index (χ1) is 9.92. The van der Waals surface area contributed by atoms with Crippen LogP contribution in [0.5, 0.6) is 0 Å². The van der Waals surface area contributed by atoms with E-state index < -0.39 is 0 Å². The van der Waals surface area contributed by atoms with Crippen molar-refractivity contribution in [3.63, 3.8) is 0 Å². The predicted octanol–water partition coefficient (Wildman–Crippen LogP) is 3.88. The van der Waals surface area contributed by atoms with Gasteiger partial charge in [0.15, 0.2) is 5.78 Å². The molecule has 0 amide bonds. The normalized spacial score (nSPS) is 52.7. The van der Waals surface area contributed by atoms with E-state index in [-0.39, 0.29) is 11.5 Å². The lowest BCUT2D eigenvalue weighted by molar-refractivity contribution is -0.115. The third-order valence-electron chi connectivity index (χ3n) is 7.65. The van der Waals surface area contributed by atoms with E-state index in [1.54, 1.807) is 0 Å². The first-order valence-electron chi connectivity index (χ1n) is 8.85. The van der Waals surface area contributed by atoms with Crippen molar-refractivity contribution < 1.29 is 9.90 Å². The fraction of sp³-hybridized carbons (Fsp3) is 0.842. The molecule has 6 atom stereocenters. The molecule has 0 aromatic heterocycles. The van der Waals surface area contributed by atoms with E-state index in [1.165, 1.54) is 37.7 Å². The summed E-state index contributed by atoms with van der Waals surface area (Å²) in [5.74, 6) is 2.45. The van der Waals surface area contributed by atoms with Crippen LogP contribution in [0.25, 0.3) is 0 Å². The van der Waals surface area contributed by atoms with Crippen LogP contribution < -0.4 is 0 Å². The topological polar surface area (TPSA) is 37.3 Å². The molecule has 0 bridgehead atoms. The fourth-order valence-electron chi connectivity index (χ4n) is 6.42. The molecule has 0 aromatic rings. The highest BCUT2D eigenvalue weighted by Gasteiger charge is 2.56. The number of hydrogen-bond donors (Lipinski definition) is 1. The van der Waals surface area contributed by atoms with Gasteiger partial charge in [-0.1, -0.05) is 19.4 Å². The minimum absolute atomic E-state index is 0.0687. The third kappa shape index (κ3) is 1.91. The Morgan fingerprint density at radius 2 is 1.95 bits per heavy atom.